The number of carboxylic acids is 1. The SMILES string of the molecule is C=CCN(C(=O)C1N([C@@H](CO)Cc2ccccc2)C(=O)[C@@H]2[C@@H](C(=O)O)[C@@H]3SC12CC3Br)C(C)(C)CC(C)(C)C. The second kappa shape index (κ2) is 10.9. The fraction of sp³-hybridized carbons (Fsp3) is 0.633. The van der Waals surface area contributed by atoms with Crippen LogP contribution in [0.1, 0.15) is 53.0 Å². The van der Waals surface area contributed by atoms with Crippen LogP contribution in [0.25, 0.3) is 0 Å². The van der Waals surface area contributed by atoms with Crippen LogP contribution in [0, 0.1) is 17.3 Å². The Labute approximate surface area is 244 Å². The molecule has 0 saturated carbocycles. The van der Waals surface area contributed by atoms with E-state index in [0.29, 0.717) is 19.4 Å². The maximum Gasteiger partial charge on any atom is 0.308 e. The van der Waals surface area contributed by atoms with Gasteiger partial charge in [-0.3, -0.25) is 14.4 Å². The lowest BCUT2D eigenvalue weighted by Crippen LogP contribution is -2.62. The summed E-state index contributed by atoms with van der Waals surface area (Å²) >= 11 is 5.19. The Morgan fingerprint density at radius 1 is 1.26 bits per heavy atom. The first kappa shape index (κ1) is 30.1. The number of alkyl halides is 1. The van der Waals surface area contributed by atoms with Crippen LogP contribution in [0.3, 0.4) is 0 Å². The maximum atomic E-state index is 14.8. The molecule has 7 nitrogen and oxygen atoms in total. The lowest BCUT2D eigenvalue weighted by Gasteiger charge is -2.46. The third-order valence-electron chi connectivity index (χ3n) is 8.44. The number of halogens is 1. The summed E-state index contributed by atoms with van der Waals surface area (Å²) in [5.41, 5.74) is 0.320. The van der Waals surface area contributed by atoms with E-state index in [9.17, 15) is 24.6 Å². The molecule has 4 rings (SSSR count). The van der Waals surface area contributed by atoms with E-state index >= 15 is 0 Å². The molecule has 0 aliphatic carbocycles. The van der Waals surface area contributed by atoms with Gasteiger partial charge in [0.05, 0.1) is 29.2 Å². The van der Waals surface area contributed by atoms with E-state index in [2.05, 4.69) is 43.3 Å². The summed E-state index contributed by atoms with van der Waals surface area (Å²) in [5.74, 6) is -3.27. The monoisotopic (exact) mass is 620 g/mol. The van der Waals surface area contributed by atoms with Gasteiger partial charge in [-0.2, -0.15) is 0 Å². The molecule has 1 spiro atoms. The van der Waals surface area contributed by atoms with E-state index in [4.69, 9.17) is 0 Å². The number of aliphatic carboxylic acids is 1. The van der Waals surface area contributed by atoms with Crippen molar-refractivity contribution in [3.05, 3.63) is 48.6 Å². The number of amides is 2. The van der Waals surface area contributed by atoms with Crippen LogP contribution >= 0.6 is 27.7 Å². The van der Waals surface area contributed by atoms with Crippen LogP contribution in [0.4, 0.5) is 0 Å². The number of hydrogen-bond donors (Lipinski definition) is 2. The average molecular weight is 622 g/mol. The smallest absolute Gasteiger partial charge is 0.308 e. The van der Waals surface area contributed by atoms with Gasteiger partial charge in [0.1, 0.15) is 6.04 Å². The number of likely N-dealkylation sites (tertiary alicyclic amines) is 1. The molecular weight excluding hydrogens is 580 g/mol. The van der Waals surface area contributed by atoms with Gasteiger partial charge in [-0.15, -0.1) is 18.3 Å². The molecule has 9 heteroatoms. The Balaban J connectivity index is 1.84. The minimum atomic E-state index is -1.01. The van der Waals surface area contributed by atoms with Gasteiger partial charge in [-0.05, 0) is 44.1 Å². The van der Waals surface area contributed by atoms with Crippen molar-refractivity contribution in [1.82, 2.24) is 9.80 Å². The Kier molecular flexibility index (Phi) is 8.39. The van der Waals surface area contributed by atoms with Crippen molar-refractivity contribution in [2.75, 3.05) is 13.2 Å². The molecule has 3 unspecified atom stereocenters. The number of carbonyl (C=O) groups is 3. The van der Waals surface area contributed by atoms with Crippen LogP contribution in [0.5, 0.6) is 0 Å². The molecule has 3 fully saturated rings. The summed E-state index contributed by atoms with van der Waals surface area (Å²) in [4.78, 5) is 44.9. The summed E-state index contributed by atoms with van der Waals surface area (Å²) < 4.78 is -0.891. The Morgan fingerprint density at radius 2 is 1.90 bits per heavy atom. The molecule has 3 saturated heterocycles. The van der Waals surface area contributed by atoms with Crippen molar-refractivity contribution in [3.8, 4) is 0 Å². The largest absolute Gasteiger partial charge is 0.481 e. The van der Waals surface area contributed by atoms with Crippen molar-refractivity contribution in [2.45, 2.75) is 86.3 Å². The Morgan fingerprint density at radius 3 is 2.44 bits per heavy atom. The van der Waals surface area contributed by atoms with Crippen molar-refractivity contribution in [2.24, 2.45) is 17.3 Å². The zero-order valence-corrected chi connectivity index (χ0v) is 25.9. The van der Waals surface area contributed by atoms with E-state index in [1.165, 1.54) is 11.8 Å². The molecule has 2 N–H and O–H groups in total. The van der Waals surface area contributed by atoms with Gasteiger partial charge in [0.2, 0.25) is 11.8 Å². The van der Waals surface area contributed by atoms with Gasteiger partial charge in [0, 0.05) is 22.2 Å². The van der Waals surface area contributed by atoms with E-state index in [0.717, 1.165) is 12.0 Å². The third-order valence-corrected chi connectivity index (χ3v) is 11.7. The normalized spacial score (nSPS) is 30.8. The highest BCUT2D eigenvalue weighted by Gasteiger charge is 2.76. The molecule has 0 radical (unpaired) electrons. The summed E-state index contributed by atoms with van der Waals surface area (Å²) in [6, 6.07) is 8.03. The average Bonchev–Trinajstić information content (AvgIpc) is 3.43. The van der Waals surface area contributed by atoms with E-state index in [-0.39, 0.29) is 33.9 Å². The van der Waals surface area contributed by atoms with Gasteiger partial charge in [-0.25, -0.2) is 0 Å². The van der Waals surface area contributed by atoms with Crippen LogP contribution in [0.2, 0.25) is 0 Å². The predicted octanol–water partition coefficient (Wildman–Crippen LogP) is 4.37. The molecule has 39 heavy (non-hydrogen) atoms. The summed E-state index contributed by atoms with van der Waals surface area (Å²) in [6.45, 7) is 14.4. The molecule has 3 aliphatic rings. The predicted molar refractivity (Wildman–Crippen MR) is 158 cm³/mol. The molecule has 7 atom stereocenters. The van der Waals surface area contributed by atoms with Gasteiger partial charge >= 0.3 is 5.97 Å². The Bertz CT molecular complexity index is 1120. The van der Waals surface area contributed by atoms with Gasteiger partial charge in [-0.1, -0.05) is 73.1 Å². The molecule has 214 valence electrons. The van der Waals surface area contributed by atoms with E-state index in [1.54, 1.807) is 11.0 Å². The maximum absolute atomic E-state index is 14.8. The first-order chi connectivity index (χ1) is 18.2. The zero-order valence-electron chi connectivity index (χ0n) is 23.5. The summed E-state index contributed by atoms with van der Waals surface area (Å²) in [7, 11) is 0. The zero-order chi connectivity index (χ0) is 28.9. The Hall–Kier alpha value is -1.84. The fourth-order valence-corrected chi connectivity index (χ4v) is 11.1. The number of benzene rings is 1. The quantitative estimate of drug-likeness (QED) is 0.298. The number of carboxylic acid groups (broad SMARTS) is 1. The standard InChI is InChI=1S/C30H41BrN2O5S/c1-7-13-32(29(5,6)17-28(2,3)4)26(36)24-30-15-20(31)23(39-30)21(27(37)38)22(30)25(35)33(24)19(16-34)14-18-11-9-8-10-12-18/h7-12,19-24,34H,1,13-17H2,2-6H3,(H,37,38)/t19-,20?,21-,22+,23-,24?,30?/m1/s1. The first-order valence-corrected chi connectivity index (χ1v) is 15.4. The molecule has 1 aromatic carbocycles. The van der Waals surface area contributed by atoms with Crippen molar-refractivity contribution < 1.29 is 24.6 Å². The number of aliphatic hydroxyl groups excluding tert-OH is 1. The minimum absolute atomic E-state index is 0.0634. The highest BCUT2D eigenvalue weighted by atomic mass is 79.9. The van der Waals surface area contributed by atoms with Crippen molar-refractivity contribution in [1.29, 1.82) is 0 Å². The number of fused-ring (bicyclic) bond motifs is 1. The molecule has 3 heterocycles. The van der Waals surface area contributed by atoms with Crippen LogP contribution < -0.4 is 0 Å². The number of nitrogens with zero attached hydrogens (tertiary/aromatic N) is 2. The summed E-state index contributed by atoms with van der Waals surface area (Å²) in [5, 5.41) is 20.6. The molecule has 3 aliphatic heterocycles. The van der Waals surface area contributed by atoms with Crippen molar-refractivity contribution >= 4 is 45.5 Å². The molecule has 0 aromatic heterocycles. The number of rotatable bonds is 10. The second-order valence-corrected chi connectivity index (χ2v) is 15.8. The molecular formula is C30H41BrN2O5S. The van der Waals surface area contributed by atoms with Gasteiger partial charge in [0.15, 0.2) is 0 Å². The minimum Gasteiger partial charge on any atom is -0.481 e. The van der Waals surface area contributed by atoms with Gasteiger partial charge < -0.3 is 20.0 Å². The number of aliphatic hydroxyl groups is 1. The second-order valence-electron chi connectivity index (χ2n) is 13.1. The lowest BCUT2D eigenvalue weighted by molar-refractivity contribution is -0.150. The molecule has 1 aromatic rings. The number of thioether (sulfide) groups is 1. The van der Waals surface area contributed by atoms with E-state index in [1.807, 2.05) is 49.1 Å². The highest BCUT2D eigenvalue weighted by Crippen LogP contribution is 2.68. The number of carbonyl (C=O) groups excluding carboxylic acids is 2. The third kappa shape index (κ3) is 5.31. The lowest BCUT2D eigenvalue weighted by atomic mass is 9.70. The van der Waals surface area contributed by atoms with Crippen LogP contribution in [-0.4, -0.2) is 83.4 Å². The highest BCUT2D eigenvalue weighted by molar-refractivity contribution is 9.09. The van der Waals surface area contributed by atoms with E-state index < -0.39 is 40.2 Å². The first-order valence-electron chi connectivity index (χ1n) is 13.6. The summed E-state index contributed by atoms with van der Waals surface area (Å²) in [6.07, 6.45) is 3.31. The fourth-order valence-electron chi connectivity index (χ4n) is 7.46. The van der Waals surface area contributed by atoms with Gasteiger partial charge in [0.25, 0.3) is 0 Å². The van der Waals surface area contributed by atoms with Crippen molar-refractivity contribution in [3.63, 3.8) is 0 Å². The molecule has 2 amide bonds. The van der Waals surface area contributed by atoms with Crippen LogP contribution in [0.15, 0.2) is 43.0 Å². The molecule has 2 bridgehead atoms. The van der Waals surface area contributed by atoms with Crippen LogP contribution in [-0.2, 0) is 20.8 Å². The topological polar surface area (TPSA) is 98.2 Å². The number of hydrogen-bond acceptors (Lipinski definition) is 5.